The van der Waals surface area contributed by atoms with Crippen molar-refractivity contribution in [2.24, 2.45) is 0 Å². The fourth-order valence-electron chi connectivity index (χ4n) is 3.48. The molecule has 4 aromatic rings. The maximum absolute atomic E-state index is 12.4. The Morgan fingerprint density at radius 1 is 1.25 bits per heavy atom. The van der Waals surface area contributed by atoms with E-state index in [-0.39, 0.29) is 12.5 Å². The lowest BCUT2D eigenvalue weighted by Gasteiger charge is -2.21. The van der Waals surface area contributed by atoms with Crippen LogP contribution in [0.2, 0.25) is 5.02 Å². The number of carbonyl (C=O) groups is 1. The molecule has 4 rings (SSSR count). The first-order valence-corrected chi connectivity index (χ1v) is 11.3. The molecule has 0 fully saturated rings. The van der Waals surface area contributed by atoms with E-state index in [0.717, 1.165) is 28.6 Å². The average molecular weight is 469 g/mol. The molecule has 0 N–H and O–H groups in total. The summed E-state index contributed by atoms with van der Waals surface area (Å²) < 4.78 is 11.1. The molecular formula is C24H21ClN2O4S. The van der Waals surface area contributed by atoms with Crippen molar-refractivity contribution >= 4 is 50.6 Å². The molecule has 2 heterocycles. The van der Waals surface area contributed by atoms with Crippen molar-refractivity contribution in [2.45, 2.75) is 33.8 Å². The molecule has 2 aromatic heterocycles. The van der Waals surface area contributed by atoms with Gasteiger partial charge in [0.25, 0.3) is 0 Å². The lowest BCUT2D eigenvalue weighted by atomic mass is 10.1. The molecule has 0 aliphatic carbocycles. The summed E-state index contributed by atoms with van der Waals surface area (Å²) in [7, 11) is 0. The Hall–Kier alpha value is -3.16. The number of hydrogen-bond acceptors (Lipinski definition) is 6. The molecule has 0 aliphatic rings. The minimum absolute atomic E-state index is 0.115. The summed E-state index contributed by atoms with van der Waals surface area (Å²) in [4.78, 5) is 30.3. The van der Waals surface area contributed by atoms with Gasteiger partial charge in [0.1, 0.15) is 17.9 Å². The molecule has 32 heavy (non-hydrogen) atoms. The molecule has 0 unspecified atom stereocenters. The van der Waals surface area contributed by atoms with Crippen LogP contribution in [-0.2, 0) is 17.8 Å². The molecule has 0 atom stereocenters. The second-order valence-corrected chi connectivity index (χ2v) is 8.52. The van der Waals surface area contributed by atoms with Crippen LogP contribution in [0.1, 0.15) is 30.7 Å². The first-order chi connectivity index (χ1) is 15.4. The van der Waals surface area contributed by atoms with E-state index in [0.29, 0.717) is 27.2 Å². The van der Waals surface area contributed by atoms with Gasteiger partial charge < -0.3 is 9.15 Å². The first kappa shape index (κ1) is 22.0. The molecular weight excluding hydrogens is 448 g/mol. The summed E-state index contributed by atoms with van der Waals surface area (Å²) in [6, 6.07) is 12.5. The van der Waals surface area contributed by atoms with Crippen LogP contribution in [-0.4, -0.2) is 10.9 Å². The van der Waals surface area contributed by atoms with Crippen LogP contribution in [0.15, 0.2) is 57.1 Å². The highest BCUT2D eigenvalue weighted by atomic mass is 35.5. The zero-order valence-electron chi connectivity index (χ0n) is 17.8. The molecule has 0 radical (unpaired) electrons. The van der Waals surface area contributed by atoms with Crippen molar-refractivity contribution in [3.05, 3.63) is 80.1 Å². The maximum atomic E-state index is 12.4. The molecule has 0 aliphatic heterocycles. The van der Waals surface area contributed by atoms with Gasteiger partial charge in [-0.2, -0.15) is 0 Å². The largest absolute Gasteiger partial charge is 0.486 e. The van der Waals surface area contributed by atoms with Crippen molar-refractivity contribution < 1.29 is 13.9 Å². The third-order valence-electron chi connectivity index (χ3n) is 5.04. The Balaban J connectivity index is 1.59. The highest BCUT2D eigenvalue weighted by Crippen LogP contribution is 2.34. The zero-order chi connectivity index (χ0) is 22.8. The number of para-hydroxylation sites is 1. The van der Waals surface area contributed by atoms with Crippen LogP contribution >= 0.6 is 22.9 Å². The highest BCUT2D eigenvalue weighted by molar-refractivity contribution is 7.14. The number of anilines is 2. The number of ether oxygens (including phenoxy) is 1. The zero-order valence-corrected chi connectivity index (χ0v) is 19.4. The number of aryl methyl sites for hydroxylation is 2. The third-order valence-corrected chi connectivity index (χ3v) is 6.21. The quantitative estimate of drug-likeness (QED) is 0.323. The minimum Gasteiger partial charge on any atom is -0.486 e. The number of hydrogen-bond donors (Lipinski definition) is 0. The van der Waals surface area contributed by atoms with Crippen molar-refractivity contribution in [3.63, 3.8) is 0 Å². The second-order valence-electron chi connectivity index (χ2n) is 7.27. The Morgan fingerprint density at radius 2 is 2.03 bits per heavy atom. The van der Waals surface area contributed by atoms with E-state index in [1.807, 2.05) is 36.6 Å². The van der Waals surface area contributed by atoms with Gasteiger partial charge in [-0.15, -0.1) is 11.3 Å². The average Bonchev–Trinajstić information content (AvgIpc) is 3.21. The van der Waals surface area contributed by atoms with Crippen LogP contribution in [0.3, 0.4) is 0 Å². The van der Waals surface area contributed by atoms with Crippen molar-refractivity contribution in [1.29, 1.82) is 0 Å². The normalized spacial score (nSPS) is 11.0. The smallest absolute Gasteiger partial charge is 0.336 e. The molecule has 0 saturated carbocycles. The number of thiazole rings is 1. The number of benzene rings is 2. The van der Waals surface area contributed by atoms with E-state index < -0.39 is 5.63 Å². The first-order valence-electron chi connectivity index (χ1n) is 10.1. The highest BCUT2D eigenvalue weighted by Gasteiger charge is 2.20. The van der Waals surface area contributed by atoms with Gasteiger partial charge in [0.05, 0.1) is 16.4 Å². The molecule has 0 saturated heterocycles. The summed E-state index contributed by atoms with van der Waals surface area (Å²) in [6.45, 7) is 5.55. The Labute approximate surface area is 194 Å². The monoisotopic (exact) mass is 468 g/mol. The molecule has 2 aromatic carbocycles. The summed E-state index contributed by atoms with van der Waals surface area (Å²) in [5, 5.41) is 3.58. The lowest BCUT2D eigenvalue weighted by molar-refractivity contribution is -0.115. The van der Waals surface area contributed by atoms with Gasteiger partial charge >= 0.3 is 5.63 Å². The molecule has 0 spiro atoms. The van der Waals surface area contributed by atoms with Gasteiger partial charge in [-0.3, -0.25) is 9.69 Å². The minimum atomic E-state index is -0.427. The number of nitrogens with zero attached hydrogens (tertiary/aromatic N) is 2. The van der Waals surface area contributed by atoms with E-state index >= 15 is 0 Å². The number of rotatable bonds is 6. The lowest BCUT2D eigenvalue weighted by Crippen LogP contribution is -2.23. The van der Waals surface area contributed by atoms with Crippen LogP contribution in [0.25, 0.3) is 11.0 Å². The summed E-state index contributed by atoms with van der Waals surface area (Å²) in [6.07, 6.45) is 0.803. The third kappa shape index (κ3) is 4.40. The van der Waals surface area contributed by atoms with Gasteiger partial charge in [0, 0.05) is 29.8 Å². The van der Waals surface area contributed by atoms with Gasteiger partial charge in [-0.1, -0.05) is 36.7 Å². The molecule has 1 amide bonds. The standard InChI is InChI=1S/C24H21ClN2O4S/c1-4-16-7-5-6-8-20(16)27(15(3)28)24-26-17(13-32-24)12-30-22-11-21-18(10-19(22)25)14(2)9-23(29)31-21/h5-11,13H,4,12H2,1-3H3. The Kier molecular flexibility index (Phi) is 6.30. The predicted octanol–water partition coefficient (Wildman–Crippen LogP) is 6.04. The molecule has 6 nitrogen and oxygen atoms in total. The van der Waals surface area contributed by atoms with Crippen LogP contribution in [0, 0.1) is 6.92 Å². The van der Waals surface area contributed by atoms with Crippen molar-refractivity contribution in [1.82, 2.24) is 4.98 Å². The molecule has 0 bridgehead atoms. The summed E-state index contributed by atoms with van der Waals surface area (Å²) in [5.74, 6) is 0.276. The van der Waals surface area contributed by atoms with Crippen molar-refractivity contribution in [2.75, 3.05) is 4.90 Å². The maximum Gasteiger partial charge on any atom is 0.336 e. The summed E-state index contributed by atoms with van der Waals surface area (Å²) >= 11 is 7.74. The van der Waals surface area contributed by atoms with E-state index in [9.17, 15) is 9.59 Å². The van der Waals surface area contributed by atoms with Gasteiger partial charge in [-0.05, 0) is 36.6 Å². The van der Waals surface area contributed by atoms with E-state index in [1.165, 1.54) is 24.3 Å². The number of amides is 1. The Bertz CT molecular complexity index is 1360. The number of fused-ring (bicyclic) bond motifs is 1. The fourth-order valence-corrected chi connectivity index (χ4v) is 4.57. The van der Waals surface area contributed by atoms with Gasteiger partial charge in [0.15, 0.2) is 5.13 Å². The molecule has 8 heteroatoms. The number of halogens is 1. The fraction of sp³-hybridized carbons (Fsp3) is 0.208. The van der Waals surface area contributed by atoms with Gasteiger partial charge in [-0.25, -0.2) is 9.78 Å². The van der Waals surface area contributed by atoms with Crippen molar-refractivity contribution in [3.8, 4) is 5.75 Å². The van der Waals surface area contributed by atoms with E-state index in [1.54, 1.807) is 17.0 Å². The van der Waals surface area contributed by atoms with Crippen LogP contribution in [0.5, 0.6) is 5.75 Å². The SMILES string of the molecule is CCc1ccccc1N(C(C)=O)c1nc(COc2cc3oc(=O)cc(C)c3cc2Cl)cs1. The van der Waals surface area contributed by atoms with E-state index in [4.69, 9.17) is 20.8 Å². The predicted molar refractivity (Wildman–Crippen MR) is 127 cm³/mol. The van der Waals surface area contributed by atoms with Crippen LogP contribution < -0.4 is 15.3 Å². The number of carbonyl (C=O) groups excluding carboxylic acids is 1. The topological polar surface area (TPSA) is 72.6 Å². The molecule has 164 valence electrons. The van der Waals surface area contributed by atoms with Gasteiger partial charge in [0.2, 0.25) is 5.91 Å². The Morgan fingerprint density at radius 3 is 2.78 bits per heavy atom. The summed E-state index contributed by atoms with van der Waals surface area (Å²) in [5.41, 5.74) is 3.32. The second kappa shape index (κ2) is 9.14. The number of aromatic nitrogens is 1. The van der Waals surface area contributed by atoms with E-state index in [2.05, 4.69) is 11.9 Å². The van der Waals surface area contributed by atoms with Crippen LogP contribution in [0.4, 0.5) is 10.8 Å².